The molecular formula is C19H23NO2. The third kappa shape index (κ3) is 4.35. The van der Waals surface area contributed by atoms with Crippen molar-refractivity contribution in [3.05, 3.63) is 65.2 Å². The van der Waals surface area contributed by atoms with Gasteiger partial charge in [0.25, 0.3) is 5.91 Å². The van der Waals surface area contributed by atoms with E-state index in [1.54, 1.807) is 13.2 Å². The first-order chi connectivity index (χ1) is 10.6. The van der Waals surface area contributed by atoms with Crippen molar-refractivity contribution in [2.75, 3.05) is 7.11 Å². The summed E-state index contributed by atoms with van der Waals surface area (Å²) in [5.41, 5.74) is 2.93. The number of amides is 1. The summed E-state index contributed by atoms with van der Waals surface area (Å²) in [5, 5.41) is 3.05. The Morgan fingerprint density at radius 2 is 1.91 bits per heavy atom. The van der Waals surface area contributed by atoms with Crippen LogP contribution in [0.5, 0.6) is 5.75 Å². The fourth-order valence-electron chi connectivity index (χ4n) is 2.43. The molecule has 0 saturated carbocycles. The lowest BCUT2D eigenvalue weighted by molar-refractivity contribution is 0.0938. The number of hydrogen-bond donors (Lipinski definition) is 1. The molecule has 2 rings (SSSR count). The molecular weight excluding hydrogens is 274 g/mol. The van der Waals surface area contributed by atoms with E-state index in [1.165, 1.54) is 5.56 Å². The predicted molar refractivity (Wildman–Crippen MR) is 89.4 cm³/mol. The summed E-state index contributed by atoms with van der Waals surface area (Å²) in [6.07, 6.45) is 1.88. The quantitative estimate of drug-likeness (QED) is 0.881. The number of aryl methyl sites for hydroxylation is 2. The Kier molecular flexibility index (Phi) is 5.59. The molecule has 3 nitrogen and oxygen atoms in total. The first-order valence-electron chi connectivity index (χ1n) is 7.59. The molecule has 0 aromatic heterocycles. The first-order valence-corrected chi connectivity index (χ1v) is 7.59. The molecule has 1 N–H and O–H groups in total. The van der Waals surface area contributed by atoms with Gasteiger partial charge in [0.05, 0.1) is 7.11 Å². The topological polar surface area (TPSA) is 38.3 Å². The van der Waals surface area contributed by atoms with Crippen molar-refractivity contribution in [2.45, 2.75) is 32.7 Å². The molecule has 0 saturated heterocycles. The highest BCUT2D eigenvalue weighted by molar-refractivity contribution is 5.94. The van der Waals surface area contributed by atoms with Crippen LogP contribution in [-0.2, 0) is 6.42 Å². The fraction of sp³-hybridized carbons (Fsp3) is 0.316. The SMILES string of the molecule is COc1ccc(C(=O)N[C@@H](C)CCc2ccccc2)cc1C. The van der Waals surface area contributed by atoms with Crippen LogP contribution in [0.2, 0.25) is 0 Å². The van der Waals surface area contributed by atoms with Gasteiger partial charge in [-0.3, -0.25) is 4.79 Å². The summed E-state index contributed by atoms with van der Waals surface area (Å²) in [6, 6.07) is 15.9. The van der Waals surface area contributed by atoms with Crippen molar-refractivity contribution in [3.63, 3.8) is 0 Å². The van der Waals surface area contributed by atoms with Crippen LogP contribution in [0, 0.1) is 6.92 Å². The fourth-order valence-corrected chi connectivity index (χ4v) is 2.43. The molecule has 1 amide bonds. The van der Waals surface area contributed by atoms with Crippen LogP contribution in [0.4, 0.5) is 0 Å². The van der Waals surface area contributed by atoms with E-state index in [0.29, 0.717) is 5.56 Å². The Bertz CT molecular complexity index is 623. The van der Waals surface area contributed by atoms with Crippen molar-refractivity contribution in [2.24, 2.45) is 0 Å². The Morgan fingerprint density at radius 3 is 2.55 bits per heavy atom. The number of carbonyl (C=O) groups excluding carboxylic acids is 1. The van der Waals surface area contributed by atoms with Gasteiger partial charge in [-0.15, -0.1) is 0 Å². The van der Waals surface area contributed by atoms with Crippen molar-refractivity contribution < 1.29 is 9.53 Å². The Morgan fingerprint density at radius 1 is 1.18 bits per heavy atom. The Labute approximate surface area is 132 Å². The van der Waals surface area contributed by atoms with E-state index in [-0.39, 0.29) is 11.9 Å². The molecule has 0 aliphatic carbocycles. The molecule has 2 aromatic rings. The molecule has 0 aliphatic heterocycles. The highest BCUT2D eigenvalue weighted by Crippen LogP contribution is 2.18. The van der Waals surface area contributed by atoms with Gasteiger partial charge < -0.3 is 10.1 Å². The number of carbonyl (C=O) groups is 1. The number of methoxy groups -OCH3 is 1. The van der Waals surface area contributed by atoms with E-state index in [4.69, 9.17) is 4.74 Å². The summed E-state index contributed by atoms with van der Waals surface area (Å²) in [7, 11) is 1.63. The largest absolute Gasteiger partial charge is 0.496 e. The van der Waals surface area contributed by atoms with E-state index in [1.807, 2.05) is 44.2 Å². The third-order valence-electron chi connectivity index (χ3n) is 3.74. The summed E-state index contributed by atoms with van der Waals surface area (Å²) >= 11 is 0. The van der Waals surface area contributed by atoms with E-state index in [0.717, 1.165) is 24.2 Å². The Balaban J connectivity index is 1.89. The van der Waals surface area contributed by atoms with E-state index >= 15 is 0 Å². The third-order valence-corrected chi connectivity index (χ3v) is 3.74. The second-order valence-electron chi connectivity index (χ2n) is 5.58. The maximum atomic E-state index is 12.3. The molecule has 0 spiro atoms. The lowest BCUT2D eigenvalue weighted by Crippen LogP contribution is -2.32. The summed E-state index contributed by atoms with van der Waals surface area (Å²) in [6.45, 7) is 3.98. The predicted octanol–water partition coefficient (Wildman–Crippen LogP) is 3.75. The zero-order chi connectivity index (χ0) is 15.9. The van der Waals surface area contributed by atoms with Gasteiger partial charge >= 0.3 is 0 Å². The van der Waals surface area contributed by atoms with Crippen LogP contribution in [0.3, 0.4) is 0 Å². The maximum absolute atomic E-state index is 12.3. The van der Waals surface area contributed by atoms with Crippen molar-refractivity contribution in [1.82, 2.24) is 5.32 Å². The zero-order valence-electron chi connectivity index (χ0n) is 13.4. The highest BCUT2D eigenvalue weighted by atomic mass is 16.5. The van der Waals surface area contributed by atoms with Crippen LogP contribution in [-0.4, -0.2) is 19.1 Å². The average molecular weight is 297 g/mol. The number of ether oxygens (including phenoxy) is 1. The van der Waals surface area contributed by atoms with Crippen LogP contribution in [0.25, 0.3) is 0 Å². The smallest absolute Gasteiger partial charge is 0.251 e. The normalized spacial score (nSPS) is 11.8. The summed E-state index contributed by atoms with van der Waals surface area (Å²) in [4.78, 5) is 12.3. The van der Waals surface area contributed by atoms with Gasteiger partial charge in [0.2, 0.25) is 0 Å². The van der Waals surface area contributed by atoms with Gasteiger partial charge in [0.15, 0.2) is 0 Å². The van der Waals surface area contributed by atoms with Gasteiger partial charge in [0.1, 0.15) is 5.75 Å². The lowest BCUT2D eigenvalue weighted by atomic mass is 10.1. The van der Waals surface area contributed by atoms with Crippen molar-refractivity contribution in [3.8, 4) is 5.75 Å². The maximum Gasteiger partial charge on any atom is 0.251 e. The monoisotopic (exact) mass is 297 g/mol. The van der Waals surface area contributed by atoms with Crippen molar-refractivity contribution >= 4 is 5.91 Å². The molecule has 2 aromatic carbocycles. The van der Waals surface area contributed by atoms with E-state index in [9.17, 15) is 4.79 Å². The minimum atomic E-state index is -0.0358. The molecule has 0 unspecified atom stereocenters. The molecule has 0 bridgehead atoms. The van der Waals surface area contributed by atoms with Crippen LogP contribution < -0.4 is 10.1 Å². The first kappa shape index (κ1) is 16.1. The van der Waals surface area contributed by atoms with Gasteiger partial charge in [-0.2, -0.15) is 0 Å². The van der Waals surface area contributed by atoms with Gasteiger partial charge in [-0.1, -0.05) is 30.3 Å². The molecule has 22 heavy (non-hydrogen) atoms. The van der Waals surface area contributed by atoms with Crippen LogP contribution >= 0.6 is 0 Å². The number of rotatable bonds is 6. The molecule has 0 fully saturated rings. The highest BCUT2D eigenvalue weighted by Gasteiger charge is 2.11. The number of nitrogens with one attached hydrogen (secondary N) is 1. The van der Waals surface area contributed by atoms with Gasteiger partial charge in [0, 0.05) is 11.6 Å². The number of benzene rings is 2. The average Bonchev–Trinajstić information content (AvgIpc) is 2.53. The standard InChI is InChI=1S/C19H23NO2/c1-14-13-17(11-12-18(14)22-3)19(21)20-15(2)9-10-16-7-5-4-6-8-16/h4-8,11-13,15H,9-10H2,1-3H3,(H,20,21)/t15-/m0/s1. The van der Waals surface area contributed by atoms with Crippen LogP contribution in [0.1, 0.15) is 34.8 Å². The van der Waals surface area contributed by atoms with Gasteiger partial charge in [-0.05, 0) is 56.0 Å². The molecule has 0 aliphatic rings. The second-order valence-corrected chi connectivity index (χ2v) is 5.58. The Hall–Kier alpha value is -2.29. The molecule has 3 heteroatoms. The molecule has 0 radical (unpaired) electrons. The zero-order valence-corrected chi connectivity index (χ0v) is 13.4. The minimum Gasteiger partial charge on any atom is -0.496 e. The molecule has 0 heterocycles. The van der Waals surface area contributed by atoms with Crippen LogP contribution in [0.15, 0.2) is 48.5 Å². The lowest BCUT2D eigenvalue weighted by Gasteiger charge is -2.14. The number of hydrogen-bond acceptors (Lipinski definition) is 2. The van der Waals surface area contributed by atoms with E-state index < -0.39 is 0 Å². The molecule has 116 valence electrons. The summed E-state index contributed by atoms with van der Waals surface area (Å²) in [5.74, 6) is 0.764. The van der Waals surface area contributed by atoms with Crippen molar-refractivity contribution in [1.29, 1.82) is 0 Å². The molecule has 1 atom stereocenters. The summed E-state index contributed by atoms with van der Waals surface area (Å²) < 4.78 is 5.22. The second kappa shape index (κ2) is 7.64. The van der Waals surface area contributed by atoms with E-state index in [2.05, 4.69) is 17.4 Å². The minimum absolute atomic E-state index is 0.0358. The van der Waals surface area contributed by atoms with Gasteiger partial charge in [-0.25, -0.2) is 0 Å².